The Morgan fingerprint density at radius 3 is 2.55 bits per heavy atom. The molecule has 2 rings (SSSR count). The predicted molar refractivity (Wildman–Crippen MR) is 72.6 cm³/mol. The van der Waals surface area contributed by atoms with Gasteiger partial charge in [0.25, 0.3) is 0 Å². The molecular weight excluding hydrogens is 262 g/mol. The summed E-state index contributed by atoms with van der Waals surface area (Å²) in [6.45, 7) is 5.59. The number of hydrogen-bond acceptors (Lipinski definition) is 1. The smallest absolute Gasteiger partial charge is 0.307 e. The Hall–Kier alpha value is -1.45. The first kappa shape index (κ1) is 14.9. The normalized spacial score (nSPS) is 25.4. The van der Waals surface area contributed by atoms with Gasteiger partial charge in [0.15, 0.2) is 11.6 Å². The molecule has 4 heteroatoms. The predicted octanol–water partition coefficient (Wildman–Crippen LogP) is 4.27. The highest BCUT2D eigenvalue weighted by Gasteiger charge is 2.40. The molecule has 2 atom stereocenters. The van der Waals surface area contributed by atoms with E-state index in [0.29, 0.717) is 12.8 Å². The van der Waals surface area contributed by atoms with Crippen LogP contribution in [0, 0.1) is 29.9 Å². The molecule has 0 aromatic heterocycles. The van der Waals surface area contributed by atoms with Gasteiger partial charge in [0.05, 0.1) is 5.92 Å². The van der Waals surface area contributed by atoms with Crippen molar-refractivity contribution in [2.75, 3.05) is 0 Å². The molecule has 1 aliphatic rings. The summed E-state index contributed by atoms with van der Waals surface area (Å²) in [5.74, 6) is -3.79. The fourth-order valence-corrected chi connectivity index (χ4v) is 3.16. The maximum atomic E-state index is 14.2. The standard InChI is InChI=1S/C16H20F2O2/c1-9-4-5-10(14(18)13(9)17)12-8-16(2,3)7-6-11(12)15(19)20/h4-5,11-12H,6-8H2,1-3H3,(H,19,20). The molecule has 0 radical (unpaired) electrons. The zero-order valence-corrected chi connectivity index (χ0v) is 12.0. The highest BCUT2D eigenvalue weighted by Crippen LogP contribution is 2.47. The van der Waals surface area contributed by atoms with E-state index in [0.717, 1.165) is 6.42 Å². The molecule has 20 heavy (non-hydrogen) atoms. The molecule has 0 saturated heterocycles. The zero-order chi connectivity index (χ0) is 15.1. The van der Waals surface area contributed by atoms with Gasteiger partial charge in [-0.2, -0.15) is 0 Å². The fraction of sp³-hybridized carbons (Fsp3) is 0.562. The number of carbonyl (C=O) groups is 1. The first-order valence-electron chi connectivity index (χ1n) is 6.90. The number of hydrogen-bond donors (Lipinski definition) is 1. The highest BCUT2D eigenvalue weighted by molar-refractivity contribution is 5.71. The van der Waals surface area contributed by atoms with Crippen LogP contribution in [-0.2, 0) is 4.79 Å². The van der Waals surface area contributed by atoms with Gasteiger partial charge in [-0.15, -0.1) is 0 Å². The molecule has 0 aliphatic heterocycles. The third kappa shape index (κ3) is 2.69. The summed E-state index contributed by atoms with van der Waals surface area (Å²) in [5, 5.41) is 9.34. The average Bonchev–Trinajstić information content (AvgIpc) is 2.34. The van der Waals surface area contributed by atoms with Gasteiger partial charge in [0.1, 0.15) is 0 Å². The molecule has 0 heterocycles. The Morgan fingerprint density at radius 2 is 1.95 bits per heavy atom. The number of carboxylic acids is 1. The third-order valence-electron chi connectivity index (χ3n) is 4.41. The van der Waals surface area contributed by atoms with Crippen molar-refractivity contribution in [3.8, 4) is 0 Å². The Morgan fingerprint density at radius 1 is 1.30 bits per heavy atom. The van der Waals surface area contributed by atoms with E-state index in [1.807, 2.05) is 13.8 Å². The first-order chi connectivity index (χ1) is 9.23. The minimum atomic E-state index is -0.925. The quantitative estimate of drug-likeness (QED) is 0.879. The minimum absolute atomic E-state index is 0.0512. The topological polar surface area (TPSA) is 37.3 Å². The second-order valence-electron chi connectivity index (χ2n) is 6.56. The van der Waals surface area contributed by atoms with Crippen molar-refractivity contribution >= 4 is 5.97 Å². The Bertz CT molecular complexity index is 538. The van der Waals surface area contributed by atoms with E-state index in [1.54, 1.807) is 0 Å². The highest BCUT2D eigenvalue weighted by atomic mass is 19.2. The van der Waals surface area contributed by atoms with Crippen LogP contribution in [0.15, 0.2) is 12.1 Å². The summed E-state index contributed by atoms with van der Waals surface area (Å²) < 4.78 is 27.9. The van der Waals surface area contributed by atoms with Gasteiger partial charge < -0.3 is 5.11 Å². The molecular formula is C16H20F2O2. The second-order valence-corrected chi connectivity index (χ2v) is 6.56. The molecule has 1 N–H and O–H groups in total. The second kappa shape index (κ2) is 5.15. The number of aryl methyl sites for hydroxylation is 1. The van der Waals surface area contributed by atoms with Gasteiger partial charge in [-0.1, -0.05) is 26.0 Å². The Balaban J connectivity index is 2.46. The SMILES string of the molecule is Cc1ccc(C2CC(C)(C)CCC2C(=O)O)c(F)c1F. The monoisotopic (exact) mass is 282 g/mol. The summed E-state index contributed by atoms with van der Waals surface area (Å²) in [4.78, 5) is 11.4. The third-order valence-corrected chi connectivity index (χ3v) is 4.41. The molecule has 2 nitrogen and oxygen atoms in total. The van der Waals surface area contributed by atoms with E-state index in [9.17, 15) is 18.7 Å². The molecule has 0 amide bonds. The zero-order valence-electron chi connectivity index (χ0n) is 12.0. The first-order valence-corrected chi connectivity index (χ1v) is 6.90. The van der Waals surface area contributed by atoms with Crippen molar-refractivity contribution in [3.05, 3.63) is 34.9 Å². The van der Waals surface area contributed by atoms with Crippen molar-refractivity contribution in [2.45, 2.75) is 46.0 Å². The van der Waals surface area contributed by atoms with E-state index in [2.05, 4.69) is 0 Å². The molecule has 0 spiro atoms. The number of aliphatic carboxylic acids is 1. The van der Waals surface area contributed by atoms with E-state index < -0.39 is 29.4 Å². The summed E-state index contributed by atoms with van der Waals surface area (Å²) in [7, 11) is 0. The van der Waals surface area contributed by atoms with Gasteiger partial charge >= 0.3 is 5.97 Å². The molecule has 2 unspecified atom stereocenters. The average molecular weight is 282 g/mol. The Labute approximate surface area is 117 Å². The van der Waals surface area contributed by atoms with Crippen molar-refractivity contribution in [2.24, 2.45) is 11.3 Å². The van der Waals surface area contributed by atoms with Crippen LogP contribution in [0.1, 0.15) is 50.2 Å². The number of benzene rings is 1. The number of halogens is 2. The van der Waals surface area contributed by atoms with Crippen LogP contribution in [0.3, 0.4) is 0 Å². The number of rotatable bonds is 2. The van der Waals surface area contributed by atoms with Crippen molar-refractivity contribution < 1.29 is 18.7 Å². The molecule has 110 valence electrons. The summed E-state index contributed by atoms with van der Waals surface area (Å²) >= 11 is 0. The van der Waals surface area contributed by atoms with Crippen molar-refractivity contribution in [1.29, 1.82) is 0 Å². The van der Waals surface area contributed by atoms with Crippen LogP contribution in [-0.4, -0.2) is 11.1 Å². The maximum absolute atomic E-state index is 14.2. The van der Waals surface area contributed by atoms with Crippen LogP contribution >= 0.6 is 0 Å². The van der Waals surface area contributed by atoms with Crippen LogP contribution in [0.25, 0.3) is 0 Å². The molecule has 1 aromatic rings. The van der Waals surface area contributed by atoms with Crippen LogP contribution in [0.5, 0.6) is 0 Å². The maximum Gasteiger partial charge on any atom is 0.307 e. The molecule has 1 saturated carbocycles. The van der Waals surface area contributed by atoms with Gasteiger partial charge in [0, 0.05) is 5.92 Å². The van der Waals surface area contributed by atoms with Crippen LogP contribution in [0.4, 0.5) is 8.78 Å². The van der Waals surface area contributed by atoms with E-state index in [1.165, 1.54) is 19.1 Å². The minimum Gasteiger partial charge on any atom is -0.481 e. The lowest BCUT2D eigenvalue weighted by atomic mass is 9.65. The van der Waals surface area contributed by atoms with Gasteiger partial charge in [-0.25, -0.2) is 8.78 Å². The van der Waals surface area contributed by atoms with Gasteiger partial charge in [-0.3, -0.25) is 4.79 Å². The van der Waals surface area contributed by atoms with E-state index in [4.69, 9.17) is 0 Å². The summed E-state index contributed by atoms with van der Waals surface area (Å²) in [5.41, 5.74) is 0.395. The lowest BCUT2D eigenvalue weighted by molar-refractivity contribution is -0.144. The summed E-state index contributed by atoms with van der Waals surface area (Å²) in [6, 6.07) is 3.06. The van der Waals surface area contributed by atoms with Crippen molar-refractivity contribution in [3.63, 3.8) is 0 Å². The number of carboxylic acid groups (broad SMARTS) is 1. The van der Waals surface area contributed by atoms with Crippen LogP contribution < -0.4 is 0 Å². The lowest BCUT2D eigenvalue weighted by Crippen LogP contribution is -2.33. The van der Waals surface area contributed by atoms with Crippen molar-refractivity contribution in [1.82, 2.24) is 0 Å². The van der Waals surface area contributed by atoms with Gasteiger partial charge in [-0.05, 0) is 42.7 Å². The molecule has 0 bridgehead atoms. The van der Waals surface area contributed by atoms with Crippen LogP contribution in [0.2, 0.25) is 0 Å². The molecule has 1 fully saturated rings. The summed E-state index contributed by atoms with van der Waals surface area (Å²) in [6.07, 6.45) is 1.85. The molecule has 1 aromatic carbocycles. The lowest BCUT2D eigenvalue weighted by Gasteiger charge is -2.39. The molecule has 1 aliphatic carbocycles. The largest absolute Gasteiger partial charge is 0.481 e. The van der Waals surface area contributed by atoms with E-state index in [-0.39, 0.29) is 16.5 Å². The van der Waals surface area contributed by atoms with E-state index >= 15 is 0 Å². The van der Waals surface area contributed by atoms with Gasteiger partial charge in [0.2, 0.25) is 0 Å². The Kier molecular flexibility index (Phi) is 3.85. The fourth-order valence-electron chi connectivity index (χ4n) is 3.16.